The number of rotatable bonds is 6. The molecule has 6 heteroatoms. The van der Waals surface area contributed by atoms with E-state index < -0.39 is 16.1 Å². The van der Waals surface area contributed by atoms with Crippen molar-refractivity contribution in [1.82, 2.24) is 0 Å². The summed E-state index contributed by atoms with van der Waals surface area (Å²) in [4.78, 5) is 1.30. The summed E-state index contributed by atoms with van der Waals surface area (Å²) < 4.78 is 0. The molecule has 0 spiro atoms. The van der Waals surface area contributed by atoms with Gasteiger partial charge in [-0.1, -0.05) is 152 Å². The number of fused-ring (bicyclic) bond motifs is 3. The SMILES string of the molecule is CCB1C2C3(C)B(CC)C1(CC)[Si](C)(C)CC(C)B(CC)C(CC)(B3CC)[Si]2(C)C. The third-order valence-corrected chi connectivity index (χ3v) is 24.1. The molecule has 4 saturated heterocycles. The number of hydrogen-bond acceptors (Lipinski definition) is 0. The minimum absolute atomic E-state index is 0.577. The highest BCUT2D eigenvalue weighted by atomic mass is 28.3. The van der Waals surface area contributed by atoms with E-state index in [1.54, 1.807) is 6.04 Å². The van der Waals surface area contributed by atoms with Gasteiger partial charge in [-0.25, -0.2) is 0 Å². The summed E-state index contributed by atoms with van der Waals surface area (Å²) in [6, 6.07) is 1.58. The predicted molar refractivity (Wildman–Crippen MR) is 152 cm³/mol. The quantitative estimate of drug-likeness (QED) is 0.363. The van der Waals surface area contributed by atoms with E-state index in [9.17, 15) is 0 Å². The van der Waals surface area contributed by atoms with Crippen LogP contribution < -0.4 is 0 Å². The third-order valence-electron chi connectivity index (χ3n) is 12.8. The van der Waals surface area contributed by atoms with E-state index in [0.29, 0.717) is 14.9 Å². The van der Waals surface area contributed by atoms with Crippen LogP contribution in [0.15, 0.2) is 0 Å². The molecule has 0 aromatic heterocycles. The van der Waals surface area contributed by atoms with Crippen molar-refractivity contribution in [3.8, 4) is 0 Å². The van der Waals surface area contributed by atoms with Gasteiger partial charge in [0.25, 0.3) is 0 Å². The standard InChI is InChI=1S/C24H52B4Si2/c1-13-23-26(16-4)21-22(8,27(23)17-5)28(18-6)24(14-2,30(21,11)12)25(15-3)20(7)19-29(23,9)10/h20-21H,13-19H2,1-12H3. The van der Waals surface area contributed by atoms with E-state index in [-0.39, 0.29) is 0 Å². The van der Waals surface area contributed by atoms with E-state index >= 15 is 0 Å². The monoisotopic (exact) mass is 440 g/mol. The van der Waals surface area contributed by atoms with Gasteiger partial charge in [-0.15, -0.1) is 0 Å². The summed E-state index contributed by atoms with van der Waals surface area (Å²) in [5, 5.41) is 0.577. The maximum atomic E-state index is 2.91. The molecule has 0 aromatic rings. The molecule has 168 valence electrons. The lowest BCUT2D eigenvalue weighted by Crippen LogP contribution is -2.61. The van der Waals surface area contributed by atoms with E-state index in [1.807, 2.05) is 0 Å². The summed E-state index contributed by atoms with van der Waals surface area (Å²) in [7, 11) is -2.92. The molecule has 5 atom stereocenters. The van der Waals surface area contributed by atoms with Gasteiger partial charge in [-0.05, 0) is 0 Å². The third kappa shape index (κ3) is 2.51. The van der Waals surface area contributed by atoms with Gasteiger partial charge >= 0.3 is 0 Å². The molecule has 4 bridgehead atoms. The van der Waals surface area contributed by atoms with Gasteiger partial charge in [-0.2, -0.15) is 0 Å². The second-order valence-electron chi connectivity index (χ2n) is 13.4. The van der Waals surface area contributed by atoms with Crippen molar-refractivity contribution in [2.24, 2.45) is 0 Å². The topological polar surface area (TPSA) is 0 Å². The first-order chi connectivity index (χ1) is 13.9. The Morgan fingerprint density at radius 1 is 0.733 bits per heavy atom. The van der Waals surface area contributed by atoms with Gasteiger partial charge in [-0.3, -0.25) is 0 Å². The van der Waals surface area contributed by atoms with Crippen LogP contribution in [0, 0.1) is 0 Å². The predicted octanol–water partition coefficient (Wildman–Crippen LogP) is 8.56. The minimum Gasteiger partial charge on any atom is -0.0804 e. The van der Waals surface area contributed by atoms with Crippen LogP contribution in [0.4, 0.5) is 0 Å². The van der Waals surface area contributed by atoms with Gasteiger partial charge < -0.3 is 0 Å². The zero-order valence-electron chi connectivity index (χ0n) is 22.9. The first-order valence-electron chi connectivity index (χ1n) is 13.9. The Kier molecular flexibility index (Phi) is 6.65. The summed E-state index contributed by atoms with van der Waals surface area (Å²) in [5.74, 6) is 0.914. The molecule has 0 N–H and O–H groups in total. The van der Waals surface area contributed by atoms with Gasteiger partial charge in [0.1, 0.15) is 26.9 Å². The smallest absolute Gasteiger partial charge is 0.0804 e. The first-order valence-corrected chi connectivity index (χ1v) is 20.2. The van der Waals surface area contributed by atoms with Crippen molar-refractivity contribution in [2.75, 3.05) is 0 Å². The van der Waals surface area contributed by atoms with Crippen molar-refractivity contribution in [3.05, 3.63) is 0 Å². The average Bonchev–Trinajstić information content (AvgIpc) is 3.00. The van der Waals surface area contributed by atoms with Crippen molar-refractivity contribution < 1.29 is 0 Å². The van der Waals surface area contributed by atoms with Gasteiger partial charge in [0.15, 0.2) is 0 Å². The molecule has 0 saturated carbocycles. The van der Waals surface area contributed by atoms with Crippen LogP contribution in [0.5, 0.6) is 0 Å². The lowest BCUT2D eigenvalue weighted by atomic mass is 9.03. The maximum Gasteiger partial charge on any atom is 0.138 e. The largest absolute Gasteiger partial charge is 0.138 e. The molecule has 0 nitrogen and oxygen atoms in total. The average molecular weight is 440 g/mol. The Labute approximate surface area is 194 Å². The van der Waals surface area contributed by atoms with Crippen LogP contribution in [0.1, 0.15) is 68.2 Å². The van der Waals surface area contributed by atoms with Crippen LogP contribution in [0.2, 0.25) is 83.7 Å². The zero-order valence-corrected chi connectivity index (χ0v) is 24.9. The fourth-order valence-corrected chi connectivity index (χ4v) is 27.2. The molecule has 0 aromatic carbocycles. The first kappa shape index (κ1) is 25.3. The molecule has 30 heavy (non-hydrogen) atoms. The molecular weight excluding hydrogens is 388 g/mol. The Hall–Kier alpha value is 0.694. The highest BCUT2D eigenvalue weighted by Crippen LogP contribution is 2.83. The van der Waals surface area contributed by atoms with Crippen molar-refractivity contribution in [2.45, 2.75) is 152 Å². The van der Waals surface area contributed by atoms with Gasteiger partial charge in [0, 0.05) is 16.1 Å². The summed E-state index contributed by atoms with van der Waals surface area (Å²) in [5.41, 5.74) is 1.04. The normalized spacial score (nSPS) is 42.0. The van der Waals surface area contributed by atoms with Crippen molar-refractivity contribution >= 4 is 43.0 Å². The molecule has 0 aliphatic carbocycles. The zero-order chi connectivity index (χ0) is 22.9. The molecule has 0 amide bonds. The molecule has 4 aliphatic rings. The van der Waals surface area contributed by atoms with Crippen LogP contribution in [0.25, 0.3) is 0 Å². The Balaban J connectivity index is 2.51. The van der Waals surface area contributed by atoms with Crippen LogP contribution >= 0.6 is 0 Å². The van der Waals surface area contributed by atoms with E-state index in [1.165, 1.54) is 38.1 Å². The molecule has 4 aliphatic heterocycles. The minimum atomic E-state index is -1.50. The molecule has 4 rings (SSSR count). The summed E-state index contributed by atoms with van der Waals surface area (Å²) in [6.07, 6.45) is 8.63. The van der Waals surface area contributed by atoms with Crippen LogP contribution in [-0.2, 0) is 0 Å². The Morgan fingerprint density at radius 2 is 1.20 bits per heavy atom. The fourth-order valence-electron chi connectivity index (χ4n) is 13.1. The van der Waals surface area contributed by atoms with E-state index in [4.69, 9.17) is 0 Å². The maximum absolute atomic E-state index is 2.91. The second-order valence-corrected chi connectivity index (χ2v) is 23.5. The summed E-state index contributed by atoms with van der Waals surface area (Å²) in [6.45, 7) is 36.5. The Morgan fingerprint density at radius 3 is 1.60 bits per heavy atom. The molecule has 4 heterocycles. The van der Waals surface area contributed by atoms with Crippen LogP contribution in [0.3, 0.4) is 0 Å². The van der Waals surface area contributed by atoms with Gasteiger partial charge in [0.05, 0.1) is 0 Å². The van der Waals surface area contributed by atoms with Crippen molar-refractivity contribution in [3.63, 3.8) is 0 Å². The highest BCUT2D eigenvalue weighted by molar-refractivity contribution is 7.26. The molecule has 5 unspecified atom stereocenters. The van der Waals surface area contributed by atoms with E-state index in [2.05, 4.69) is 81.6 Å². The van der Waals surface area contributed by atoms with Gasteiger partial charge in [0.2, 0.25) is 0 Å². The van der Waals surface area contributed by atoms with E-state index in [0.717, 1.165) is 38.1 Å². The lowest BCUT2D eigenvalue weighted by molar-refractivity contribution is 0.818. The Bertz CT molecular complexity index is 655. The van der Waals surface area contributed by atoms with Crippen molar-refractivity contribution in [1.29, 1.82) is 0 Å². The molecule has 0 radical (unpaired) electrons. The highest BCUT2D eigenvalue weighted by Gasteiger charge is 2.83. The van der Waals surface area contributed by atoms with Crippen LogP contribution in [-0.4, -0.2) is 43.0 Å². The number of hydrogen-bond donors (Lipinski definition) is 0. The lowest BCUT2D eigenvalue weighted by Gasteiger charge is -2.54. The molecule has 4 fully saturated rings. The fraction of sp³-hybridized carbons (Fsp3) is 1.00. The second kappa shape index (κ2) is 7.88. The summed E-state index contributed by atoms with van der Waals surface area (Å²) >= 11 is 0. The molecular formula is C24H52B4Si2.